The molecule has 11 nitrogen and oxygen atoms in total. The molecule has 2 rings (SSSR count). The van der Waals surface area contributed by atoms with Gasteiger partial charge in [0, 0.05) is 20.0 Å². The van der Waals surface area contributed by atoms with Crippen molar-refractivity contribution in [1.29, 1.82) is 0 Å². The number of rotatable bonds is 18. The van der Waals surface area contributed by atoms with Gasteiger partial charge in [-0.15, -0.1) is 0 Å². The fraction of sp³-hybridized carbons (Fsp3) is 0.500. The van der Waals surface area contributed by atoms with Gasteiger partial charge >= 0.3 is 12.1 Å². The first-order valence-electron chi connectivity index (χ1n) is 14.7. The SMILES string of the molecule is CCCOc1ccc(C[C@H](NC(=O)[C@H](CC(C)C)N[C@H](CCNC(=O)OCc2ccccc2)C(=O)OC)C(=O)NC)cc1. The van der Waals surface area contributed by atoms with Crippen molar-refractivity contribution in [2.75, 3.05) is 27.3 Å². The van der Waals surface area contributed by atoms with Crippen LogP contribution in [0.4, 0.5) is 4.79 Å². The molecule has 43 heavy (non-hydrogen) atoms. The molecular formula is C32H46N4O7. The highest BCUT2D eigenvalue weighted by Gasteiger charge is 2.30. The van der Waals surface area contributed by atoms with Crippen molar-refractivity contribution in [2.45, 2.75) is 71.2 Å². The molecule has 236 valence electrons. The molecule has 0 aromatic heterocycles. The van der Waals surface area contributed by atoms with Crippen LogP contribution in [0.25, 0.3) is 0 Å². The van der Waals surface area contributed by atoms with Crippen LogP contribution in [0.1, 0.15) is 51.2 Å². The third-order valence-electron chi connectivity index (χ3n) is 6.54. The van der Waals surface area contributed by atoms with Crippen LogP contribution in [0, 0.1) is 5.92 Å². The van der Waals surface area contributed by atoms with Gasteiger partial charge in [0.1, 0.15) is 24.4 Å². The lowest BCUT2D eigenvalue weighted by Gasteiger charge is -2.27. The number of ether oxygens (including phenoxy) is 3. The van der Waals surface area contributed by atoms with Gasteiger partial charge in [-0.2, -0.15) is 0 Å². The van der Waals surface area contributed by atoms with E-state index in [4.69, 9.17) is 14.2 Å². The van der Waals surface area contributed by atoms with Crippen molar-refractivity contribution < 1.29 is 33.4 Å². The fourth-order valence-corrected chi connectivity index (χ4v) is 4.30. The van der Waals surface area contributed by atoms with E-state index >= 15 is 0 Å². The number of carbonyl (C=O) groups excluding carboxylic acids is 4. The summed E-state index contributed by atoms with van der Waals surface area (Å²) in [6.07, 6.45) is 1.09. The second-order valence-electron chi connectivity index (χ2n) is 10.6. The summed E-state index contributed by atoms with van der Waals surface area (Å²) < 4.78 is 15.8. The smallest absolute Gasteiger partial charge is 0.407 e. The minimum Gasteiger partial charge on any atom is -0.494 e. The summed E-state index contributed by atoms with van der Waals surface area (Å²) in [6.45, 7) is 6.78. The van der Waals surface area contributed by atoms with Crippen LogP contribution in [-0.4, -0.2) is 69.3 Å². The van der Waals surface area contributed by atoms with Crippen LogP contribution in [0.2, 0.25) is 0 Å². The van der Waals surface area contributed by atoms with Crippen molar-refractivity contribution in [2.24, 2.45) is 5.92 Å². The molecule has 4 N–H and O–H groups in total. The molecule has 3 atom stereocenters. The monoisotopic (exact) mass is 598 g/mol. The van der Waals surface area contributed by atoms with Crippen LogP contribution >= 0.6 is 0 Å². The third kappa shape index (κ3) is 13.2. The van der Waals surface area contributed by atoms with E-state index < -0.39 is 36.1 Å². The molecule has 0 fully saturated rings. The normalized spacial score (nSPS) is 12.9. The van der Waals surface area contributed by atoms with E-state index in [2.05, 4.69) is 21.3 Å². The Hall–Kier alpha value is -4.12. The van der Waals surface area contributed by atoms with Crippen LogP contribution in [0.3, 0.4) is 0 Å². The maximum absolute atomic E-state index is 13.5. The number of esters is 1. The molecule has 0 saturated heterocycles. The predicted molar refractivity (Wildman–Crippen MR) is 163 cm³/mol. The first-order valence-corrected chi connectivity index (χ1v) is 14.7. The van der Waals surface area contributed by atoms with Crippen molar-refractivity contribution in [3.63, 3.8) is 0 Å². The lowest BCUT2D eigenvalue weighted by molar-refractivity contribution is -0.144. The number of alkyl carbamates (subject to hydrolysis) is 1. The van der Waals surface area contributed by atoms with Crippen LogP contribution in [0.15, 0.2) is 54.6 Å². The number of likely N-dealkylation sites (N-methyl/N-ethyl adjacent to an activating group) is 1. The van der Waals surface area contributed by atoms with Gasteiger partial charge in [0.15, 0.2) is 0 Å². The van der Waals surface area contributed by atoms with E-state index in [1.165, 1.54) is 14.2 Å². The van der Waals surface area contributed by atoms with E-state index in [0.29, 0.717) is 13.0 Å². The molecule has 0 saturated carbocycles. The summed E-state index contributed by atoms with van der Waals surface area (Å²) in [5, 5.41) is 11.2. The maximum Gasteiger partial charge on any atom is 0.407 e. The van der Waals surface area contributed by atoms with Crippen molar-refractivity contribution in [3.8, 4) is 5.75 Å². The zero-order chi connectivity index (χ0) is 31.6. The molecule has 0 heterocycles. The second kappa shape index (κ2) is 19.1. The maximum atomic E-state index is 13.5. The molecule has 0 unspecified atom stereocenters. The number of methoxy groups -OCH3 is 1. The molecule has 2 aromatic rings. The topological polar surface area (TPSA) is 144 Å². The number of benzene rings is 2. The molecular weight excluding hydrogens is 552 g/mol. The summed E-state index contributed by atoms with van der Waals surface area (Å²) in [6, 6.07) is 14.1. The summed E-state index contributed by atoms with van der Waals surface area (Å²) in [4.78, 5) is 51.0. The van der Waals surface area contributed by atoms with E-state index in [1.54, 1.807) is 0 Å². The second-order valence-corrected chi connectivity index (χ2v) is 10.6. The summed E-state index contributed by atoms with van der Waals surface area (Å²) in [7, 11) is 2.77. The lowest BCUT2D eigenvalue weighted by Crippen LogP contribution is -2.56. The zero-order valence-electron chi connectivity index (χ0n) is 25.8. The van der Waals surface area contributed by atoms with Crippen LogP contribution in [0.5, 0.6) is 5.75 Å². The highest BCUT2D eigenvalue weighted by Crippen LogP contribution is 2.15. The molecule has 0 aliphatic carbocycles. The predicted octanol–water partition coefficient (Wildman–Crippen LogP) is 3.11. The van der Waals surface area contributed by atoms with E-state index in [0.717, 1.165) is 23.3 Å². The first kappa shape index (κ1) is 35.1. The van der Waals surface area contributed by atoms with Crippen molar-refractivity contribution in [3.05, 3.63) is 65.7 Å². The van der Waals surface area contributed by atoms with Crippen molar-refractivity contribution >= 4 is 23.9 Å². The Morgan fingerprint density at radius 3 is 2.16 bits per heavy atom. The Labute approximate surface area is 254 Å². The molecule has 0 aliphatic heterocycles. The van der Waals surface area contributed by atoms with E-state index in [9.17, 15) is 19.2 Å². The number of carbonyl (C=O) groups is 4. The Morgan fingerprint density at radius 1 is 0.860 bits per heavy atom. The summed E-state index contributed by atoms with van der Waals surface area (Å²) in [5.41, 5.74) is 1.70. The Kier molecular flexibility index (Phi) is 15.6. The number of hydrogen-bond acceptors (Lipinski definition) is 8. The average Bonchev–Trinajstić information content (AvgIpc) is 3.01. The Balaban J connectivity index is 2.04. The van der Waals surface area contributed by atoms with Gasteiger partial charge in [0.25, 0.3) is 0 Å². The molecule has 2 aromatic carbocycles. The molecule has 0 spiro atoms. The minimum absolute atomic E-state index is 0.0988. The van der Waals surface area contributed by atoms with Gasteiger partial charge in [0.2, 0.25) is 11.8 Å². The summed E-state index contributed by atoms with van der Waals surface area (Å²) >= 11 is 0. The number of amides is 3. The first-order chi connectivity index (χ1) is 20.7. The van der Waals surface area contributed by atoms with Gasteiger partial charge in [-0.1, -0.05) is 63.2 Å². The molecule has 0 radical (unpaired) electrons. The molecule has 0 aliphatic rings. The van der Waals surface area contributed by atoms with E-state index in [1.807, 2.05) is 75.4 Å². The molecule has 11 heteroatoms. The lowest BCUT2D eigenvalue weighted by atomic mass is 10.00. The quantitative estimate of drug-likeness (QED) is 0.192. The highest BCUT2D eigenvalue weighted by molar-refractivity contribution is 5.90. The number of hydrogen-bond donors (Lipinski definition) is 4. The average molecular weight is 599 g/mol. The van der Waals surface area contributed by atoms with Gasteiger partial charge in [0.05, 0.1) is 19.8 Å². The molecule has 0 bridgehead atoms. The van der Waals surface area contributed by atoms with E-state index in [-0.39, 0.29) is 37.8 Å². The van der Waals surface area contributed by atoms with Crippen LogP contribution < -0.4 is 26.0 Å². The highest BCUT2D eigenvalue weighted by atomic mass is 16.5. The fourth-order valence-electron chi connectivity index (χ4n) is 4.30. The van der Waals surface area contributed by atoms with Crippen LogP contribution in [-0.2, 0) is 36.9 Å². The van der Waals surface area contributed by atoms with Gasteiger partial charge in [-0.3, -0.25) is 19.7 Å². The standard InChI is InChI=1S/C32H46N4O7/c1-6-18-42-25-14-12-23(13-15-25)20-28(29(37)33-4)36-30(38)27(19-22(2)3)35-26(31(39)41-5)16-17-34-32(40)43-21-24-10-8-7-9-11-24/h7-15,22,26-28,35H,6,16-21H2,1-5H3,(H,33,37)(H,34,40)(H,36,38)/t26-,27+,28+/m1/s1. The zero-order valence-corrected chi connectivity index (χ0v) is 25.8. The van der Waals surface area contributed by atoms with Crippen molar-refractivity contribution in [1.82, 2.24) is 21.3 Å². The minimum atomic E-state index is -0.886. The largest absolute Gasteiger partial charge is 0.494 e. The van der Waals surface area contributed by atoms with Gasteiger partial charge in [-0.05, 0) is 48.4 Å². The molecule has 3 amide bonds. The van der Waals surface area contributed by atoms with Gasteiger partial charge < -0.3 is 30.2 Å². The Morgan fingerprint density at radius 2 is 1.56 bits per heavy atom. The summed E-state index contributed by atoms with van der Waals surface area (Å²) in [5.74, 6) is -0.504. The van der Waals surface area contributed by atoms with Gasteiger partial charge in [-0.25, -0.2) is 4.79 Å². The Bertz CT molecular complexity index is 1140. The number of nitrogens with one attached hydrogen (secondary N) is 4. The third-order valence-corrected chi connectivity index (χ3v) is 6.54.